The zero-order valence-corrected chi connectivity index (χ0v) is 21.1. The summed E-state index contributed by atoms with van der Waals surface area (Å²) in [6.07, 6.45) is 3.80. The summed E-state index contributed by atoms with van der Waals surface area (Å²) in [4.78, 5) is 9.73. The molecule has 0 aliphatic rings. The summed E-state index contributed by atoms with van der Waals surface area (Å²) < 4.78 is 2.25. The fourth-order valence-corrected chi connectivity index (χ4v) is 6.07. The summed E-state index contributed by atoms with van der Waals surface area (Å²) in [5.74, 6) is 0.894. The topological polar surface area (TPSA) is 30.7 Å². The highest BCUT2D eigenvalue weighted by molar-refractivity contribution is 6.21. The molecule has 0 spiro atoms. The van der Waals surface area contributed by atoms with Crippen molar-refractivity contribution >= 4 is 43.4 Å². The summed E-state index contributed by atoms with van der Waals surface area (Å²) >= 11 is 0. The van der Waals surface area contributed by atoms with Crippen LogP contribution in [0.15, 0.2) is 140 Å². The Labute approximate surface area is 225 Å². The van der Waals surface area contributed by atoms with E-state index in [4.69, 9.17) is 4.98 Å². The normalized spacial score (nSPS) is 11.6. The molecule has 0 N–H and O–H groups in total. The lowest BCUT2D eigenvalue weighted by Crippen LogP contribution is -1.99. The van der Waals surface area contributed by atoms with Crippen LogP contribution in [-0.4, -0.2) is 14.5 Å². The van der Waals surface area contributed by atoms with Crippen LogP contribution in [0.5, 0.6) is 0 Å². The van der Waals surface area contributed by atoms with Crippen molar-refractivity contribution in [2.75, 3.05) is 0 Å². The van der Waals surface area contributed by atoms with E-state index < -0.39 is 0 Å². The maximum Gasteiger partial charge on any atom is 0.138 e. The van der Waals surface area contributed by atoms with Gasteiger partial charge in [0.1, 0.15) is 5.82 Å². The fourth-order valence-electron chi connectivity index (χ4n) is 6.07. The summed E-state index contributed by atoms with van der Waals surface area (Å²) in [5.41, 5.74) is 6.82. The zero-order chi connectivity index (χ0) is 25.8. The van der Waals surface area contributed by atoms with Crippen LogP contribution in [0.25, 0.3) is 71.6 Å². The summed E-state index contributed by atoms with van der Waals surface area (Å²) in [5, 5.41) is 7.16. The Bertz CT molecular complexity index is 2060. The summed E-state index contributed by atoms with van der Waals surface area (Å²) in [6.45, 7) is 0. The molecule has 0 unspecified atom stereocenters. The van der Waals surface area contributed by atoms with Gasteiger partial charge >= 0.3 is 0 Å². The van der Waals surface area contributed by atoms with E-state index in [1.807, 2.05) is 12.4 Å². The maximum absolute atomic E-state index is 5.33. The van der Waals surface area contributed by atoms with Crippen LogP contribution in [0.2, 0.25) is 0 Å². The van der Waals surface area contributed by atoms with Gasteiger partial charge in [0, 0.05) is 28.7 Å². The molecule has 5 aromatic carbocycles. The quantitative estimate of drug-likeness (QED) is 0.228. The van der Waals surface area contributed by atoms with Gasteiger partial charge in [0.15, 0.2) is 0 Å². The predicted molar refractivity (Wildman–Crippen MR) is 162 cm³/mol. The van der Waals surface area contributed by atoms with Gasteiger partial charge in [-0.2, -0.15) is 0 Å². The second kappa shape index (κ2) is 8.64. The third kappa shape index (κ3) is 3.30. The van der Waals surface area contributed by atoms with E-state index >= 15 is 0 Å². The Morgan fingerprint density at radius 3 is 1.74 bits per heavy atom. The number of rotatable bonds is 3. The first-order valence-corrected chi connectivity index (χ1v) is 13.2. The molecule has 0 atom stereocenters. The van der Waals surface area contributed by atoms with E-state index in [1.54, 1.807) is 0 Å². The van der Waals surface area contributed by atoms with Crippen molar-refractivity contribution in [1.82, 2.24) is 14.5 Å². The standard InChI is InChI=1S/C36H23N3/c1-2-11-24(12-3-1)35-26-14-4-6-16-28(26)36(29-17-7-5-15-27(29)35)31-18-10-20-34(38-31)39-32-19-9-8-13-25(32)30-23-37-22-21-33(30)39/h1-23H. The number of aromatic nitrogens is 3. The second-order valence-electron chi connectivity index (χ2n) is 9.83. The maximum atomic E-state index is 5.33. The largest absolute Gasteiger partial charge is 0.294 e. The molecule has 0 saturated heterocycles. The number of benzene rings is 5. The molecule has 0 fully saturated rings. The van der Waals surface area contributed by atoms with Crippen molar-refractivity contribution < 1.29 is 0 Å². The lowest BCUT2D eigenvalue weighted by Gasteiger charge is -2.17. The molecule has 0 radical (unpaired) electrons. The monoisotopic (exact) mass is 497 g/mol. The average Bonchev–Trinajstić information content (AvgIpc) is 3.35. The number of pyridine rings is 2. The van der Waals surface area contributed by atoms with Crippen LogP contribution in [-0.2, 0) is 0 Å². The van der Waals surface area contributed by atoms with Crippen molar-refractivity contribution in [2.24, 2.45) is 0 Å². The molecule has 8 aromatic rings. The molecule has 3 aromatic heterocycles. The first-order chi connectivity index (χ1) is 19.4. The Morgan fingerprint density at radius 2 is 1.03 bits per heavy atom. The molecular weight excluding hydrogens is 474 g/mol. The van der Waals surface area contributed by atoms with E-state index in [1.165, 1.54) is 38.1 Å². The molecule has 39 heavy (non-hydrogen) atoms. The number of para-hydroxylation sites is 1. The van der Waals surface area contributed by atoms with Gasteiger partial charge in [0.05, 0.1) is 16.7 Å². The zero-order valence-electron chi connectivity index (χ0n) is 21.1. The first-order valence-electron chi connectivity index (χ1n) is 13.2. The van der Waals surface area contributed by atoms with Gasteiger partial charge in [0.25, 0.3) is 0 Å². The minimum absolute atomic E-state index is 0.894. The minimum Gasteiger partial charge on any atom is -0.294 e. The molecule has 3 nitrogen and oxygen atoms in total. The van der Waals surface area contributed by atoms with Crippen molar-refractivity contribution in [3.05, 3.63) is 140 Å². The van der Waals surface area contributed by atoms with E-state index in [0.29, 0.717) is 0 Å². The van der Waals surface area contributed by atoms with Crippen molar-refractivity contribution in [3.63, 3.8) is 0 Å². The molecule has 0 saturated carbocycles. The van der Waals surface area contributed by atoms with Crippen molar-refractivity contribution in [3.8, 4) is 28.2 Å². The molecule has 182 valence electrons. The van der Waals surface area contributed by atoms with E-state index in [2.05, 4.69) is 137 Å². The number of hydrogen-bond acceptors (Lipinski definition) is 2. The summed E-state index contributed by atoms with van der Waals surface area (Å²) in [7, 11) is 0. The first kappa shape index (κ1) is 21.8. The van der Waals surface area contributed by atoms with Gasteiger partial charge in [0.2, 0.25) is 0 Å². The molecule has 0 amide bonds. The number of hydrogen-bond donors (Lipinski definition) is 0. The molecule has 8 rings (SSSR count). The Morgan fingerprint density at radius 1 is 0.436 bits per heavy atom. The highest BCUT2D eigenvalue weighted by Gasteiger charge is 2.18. The Hall–Kier alpha value is -5.28. The van der Waals surface area contributed by atoms with Crippen LogP contribution in [0.3, 0.4) is 0 Å². The van der Waals surface area contributed by atoms with Gasteiger partial charge in [-0.3, -0.25) is 9.55 Å². The number of nitrogens with zero attached hydrogens (tertiary/aromatic N) is 3. The van der Waals surface area contributed by atoms with Gasteiger partial charge in [-0.05, 0) is 56.9 Å². The molecule has 3 heterocycles. The second-order valence-corrected chi connectivity index (χ2v) is 9.83. The lowest BCUT2D eigenvalue weighted by molar-refractivity contribution is 1.08. The van der Waals surface area contributed by atoms with Crippen LogP contribution in [0.1, 0.15) is 0 Å². The Kier molecular flexibility index (Phi) is 4.82. The average molecular weight is 498 g/mol. The van der Waals surface area contributed by atoms with Gasteiger partial charge in [-0.1, -0.05) is 103 Å². The third-order valence-corrected chi connectivity index (χ3v) is 7.69. The lowest BCUT2D eigenvalue weighted by atomic mass is 9.87. The SMILES string of the molecule is c1ccc(-c2c3ccccc3c(-c3cccc(-n4c5ccccc5c5cnccc54)n3)c3ccccc23)cc1. The molecule has 0 aliphatic carbocycles. The molecular formula is C36H23N3. The molecule has 3 heteroatoms. The minimum atomic E-state index is 0.894. The third-order valence-electron chi connectivity index (χ3n) is 7.69. The van der Waals surface area contributed by atoms with Gasteiger partial charge < -0.3 is 0 Å². The Balaban J connectivity index is 1.45. The summed E-state index contributed by atoms with van der Waals surface area (Å²) in [6, 6.07) is 45.0. The van der Waals surface area contributed by atoms with Crippen LogP contribution in [0.4, 0.5) is 0 Å². The van der Waals surface area contributed by atoms with E-state index in [9.17, 15) is 0 Å². The number of fused-ring (bicyclic) bond motifs is 5. The van der Waals surface area contributed by atoms with Crippen molar-refractivity contribution in [1.29, 1.82) is 0 Å². The van der Waals surface area contributed by atoms with E-state index in [-0.39, 0.29) is 0 Å². The highest BCUT2D eigenvalue weighted by Crippen LogP contribution is 2.43. The highest BCUT2D eigenvalue weighted by atomic mass is 15.1. The molecule has 0 bridgehead atoms. The fraction of sp³-hybridized carbons (Fsp3) is 0. The van der Waals surface area contributed by atoms with Crippen LogP contribution >= 0.6 is 0 Å². The molecule has 0 aliphatic heterocycles. The van der Waals surface area contributed by atoms with Gasteiger partial charge in [-0.25, -0.2) is 4.98 Å². The predicted octanol–water partition coefficient (Wildman–Crippen LogP) is 9.21. The smallest absolute Gasteiger partial charge is 0.138 e. The van der Waals surface area contributed by atoms with Crippen molar-refractivity contribution in [2.45, 2.75) is 0 Å². The van der Waals surface area contributed by atoms with Crippen LogP contribution in [0, 0.1) is 0 Å². The van der Waals surface area contributed by atoms with Gasteiger partial charge in [-0.15, -0.1) is 0 Å². The van der Waals surface area contributed by atoms with E-state index in [0.717, 1.165) is 33.5 Å². The van der Waals surface area contributed by atoms with Crippen LogP contribution < -0.4 is 0 Å².